The second kappa shape index (κ2) is 51.5. The number of nitrogens with one attached hydrogen (secondary N) is 1. The van der Waals surface area contributed by atoms with Gasteiger partial charge in [0, 0.05) is 83.7 Å². The molecule has 2 saturated heterocycles. The van der Waals surface area contributed by atoms with Crippen LogP contribution in [0.25, 0.3) is 33.4 Å². The van der Waals surface area contributed by atoms with Crippen LogP contribution in [0.2, 0.25) is 0 Å². The number of nitrogen functional groups attached to an aromatic ring is 2. The average Bonchev–Trinajstić information content (AvgIpc) is 1.71. The number of aliphatic hydroxyl groups excluding tert-OH is 2. The van der Waals surface area contributed by atoms with Gasteiger partial charge in [0.1, 0.15) is 53.8 Å². The number of carbonyl (C=O) groups is 5. The number of amides is 2. The van der Waals surface area contributed by atoms with E-state index >= 15 is 0 Å². The number of cyclic esters (lactones) is 1. The standard InChI is InChI=1S/C93H136N10O23S/c1-59-16-12-11-13-17-60(2)77(112-8)54-71-24-19-65(7)93(111,126-71)86(108)89(109)102-30-15-14-18-73(102)90(110)123-78(55-74(104)61(3)49-64(6)84(107)85(114-10)83(106)63(5)48-59)62(4)50-66-21-25-76(79(52-66)113-9)125-92(127)96-29-33-116-35-37-118-39-41-120-43-45-122-47-46-121-44-42-119-40-38-117-36-34-115-32-28-80(105)101-31-27-68-51-67(20-22-70(68)57-101)56-103-88-81(87(94)97-58-98-88)82(100-103)69-23-26-75-72(53-69)99-91(95)124-75/h11-13,16-17,20,22-23,26,49,51,53,58-59,61-63,65-66,71,73-74,76-79,84-85,104,107,111H,14-15,18-19,21,24-25,27-48,50,52,54-57H2,1-10H3,(H2,95,99)(H,96,127)(H2,94,97,98)/b13-11+,16-12+,60-17+,64-49+/t59-,61-,62-,63-,65-,66+,71+,73+,74-,76-,77+,78+,79-,84-,85+,93-/m1/s1. The average molecular weight is 1790 g/mol. The van der Waals surface area contributed by atoms with Crippen LogP contribution in [0.4, 0.5) is 11.8 Å². The van der Waals surface area contributed by atoms with Gasteiger partial charge >= 0.3 is 5.97 Å². The summed E-state index contributed by atoms with van der Waals surface area (Å²) in [7, 11) is 4.60. The molecule has 33 nitrogen and oxygen atoms in total. The molecule has 0 unspecified atom stereocenters. The first kappa shape index (κ1) is 101. The SMILES string of the molecule is CO[C@H]1C[C@@H]2CC[C@@H](C)[C@@](O)(O2)C(=O)C(=O)N2CCCC[C@H]2C(=O)O[C@H]([C@H](C)C[C@@H]2CC[C@@H](OC(=S)NCCOCCOCCOCCOCCOCCOCCOCCOCCC(=O)N3CCc4cc(Cn5nc(-c6ccc7oc(N)nc7c6)c6c(N)ncnc65)ccc4C3)[C@H](OC)C2)C[C@@H](O)[C@H](C)/C=C(\C)[C@@H](O)[C@@H](OC)C(=O)[C@H](C)C[C@H](C)/C=C/C=C/C=C/1C. The molecule has 3 aromatic heterocycles. The molecule has 4 aliphatic heterocycles. The number of hydrogen-bond donors (Lipinski definition) is 6. The Balaban J connectivity index is 0.552. The molecule has 7 heterocycles. The van der Waals surface area contributed by atoms with Crippen LogP contribution in [0.1, 0.15) is 149 Å². The lowest BCUT2D eigenvalue weighted by Gasteiger charge is -2.43. The molecule has 2 amide bonds. The van der Waals surface area contributed by atoms with Gasteiger partial charge in [-0.3, -0.25) is 19.2 Å². The molecule has 0 radical (unpaired) electrons. The summed E-state index contributed by atoms with van der Waals surface area (Å²) in [5, 5.41) is 44.9. The third-order valence-corrected chi connectivity index (χ3v) is 24.9. The molecule has 8 N–H and O–H groups in total. The number of benzene rings is 2. The van der Waals surface area contributed by atoms with Crippen LogP contribution >= 0.6 is 12.2 Å². The fraction of sp³-hybridized carbons (Fsp3) is 0.656. The van der Waals surface area contributed by atoms with Gasteiger partial charge in [-0.1, -0.05) is 89.3 Å². The van der Waals surface area contributed by atoms with E-state index in [1.54, 1.807) is 47.1 Å². The number of rotatable bonds is 37. The number of ketones is 2. The van der Waals surface area contributed by atoms with E-state index < -0.39 is 83.9 Å². The molecule has 1 saturated carbocycles. The van der Waals surface area contributed by atoms with Crippen LogP contribution in [0, 0.1) is 35.5 Å². The van der Waals surface area contributed by atoms with Crippen molar-refractivity contribution in [2.75, 3.05) is 158 Å². The first-order valence-corrected chi connectivity index (χ1v) is 45.4. The number of thiocarbonyl (C=S) groups is 1. The molecular weight excluding hydrogens is 1660 g/mol. The molecule has 3 fully saturated rings. The molecule has 2 aromatic carbocycles. The van der Waals surface area contributed by atoms with Crippen molar-refractivity contribution in [1.29, 1.82) is 0 Å². The van der Waals surface area contributed by atoms with Gasteiger partial charge in [0.2, 0.25) is 11.7 Å². The first-order valence-electron chi connectivity index (χ1n) is 45.0. The Kier molecular flexibility index (Phi) is 40.9. The van der Waals surface area contributed by atoms with Crippen LogP contribution in [0.15, 0.2) is 94.7 Å². The summed E-state index contributed by atoms with van der Waals surface area (Å²) in [6.07, 6.45) is 13.0. The summed E-state index contributed by atoms with van der Waals surface area (Å²) in [5.74, 6) is -7.32. The number of nitrogens with zero attached hydrogens (tertiary/aromatic N) is 7. The molecule has 5 aromatic rings. The zero-order chi connectivity index (χ0) is 90.9. The topological polar surface area (TPSA) is 415 Å². The Morgan fingerprint density at radius 1 is 0.717 bits per heavy atom. The maximum absolute atomic E-state index is 14.8. The molecule has 127 heavy (non-hydrogen) atoms. The lowest BCUT2D eigenvalue weighted by atomic mass is 9.78. The number of anilines is 2. The Labute approximate surface area is 750 Å². The Hall–Kier alpha value is -8.14. The van der Waals surface area contributed by atoms with Crippen molar-refractivity contribution >= 4 is 80.7 Å². The number of aromatic nitrogens is 5. The fourth-order valence-corrected chi connectivity index (χ4v) is 17.5. The Morgan fingerprint density at radius 3 is 2.06 bits per heavy atom. The van der Waals surface area contributed by atoms with Crippen molar-refractivity contribution in [3.63, 3.8) is 0 Å². The Bertz CT molecular complexity index is 4470. The number of oxazole rings is 1. The highest BCUT2D eigenvalue weighted by atomic mass is 32.1. The molecule has 0 spiro atoms. The second-order valence-electron chi connectivity index (χ2n) is 34.1. The monoisotopic (exact) mass is 1790 g/mol. The van der Waals surface area contributed by atoms with Crippen LogP contribution in [-0.4, -0.2) is 292 Å². The summed E-state index contributed by atoms with van der Waals surface area (Å²) in [6, 6.07) is 10.8. The summed E-state index contributed by atoms with van der Waals surface area (Å²) in [6.45, 7) is 21.2. The lowest BCUT2D eigenvalue weighted by Crippen LogP contribution is -2.61. The van der Waals surface area contributed by atoms with Gasteiger partial charge < -0.3 is 113 Å². The summed E-state index contributed by atoms with van der Waals surface area (Å²) in [4.78, 5) is 87.1. The molecule has 1 aliphatic carbocycles. The van der Waals surface area contributed by atoms with Gasteiger partial charge in [0.15, 0.2) is 17.0 Å². The minimum Gasteiger partial charge on any atom is -0.465 e. The van der Waals surface area contributed by atoms with Gasteiger partial charge in [0.05, 0.1) is 148 Å². The second-order valence-corrected chi connectivity index (χ2v) is 34.5. The zero-order valence-corrected chi connectivity index (χ0v) is 76.4. The number of fused-ring (bicyclic) bond motifs is 6. The largest absolute Gasteiger partial charge is 0.465 e. The first-order chi connectivity index (χ1) is 61.3. The van der Waals surface area contributed by atoms with Crippen LogP contribution in [0.3, 0.4) is 0 Å². The number of piperidine rings is 1. The van der Waals surface area contributed by atoms with Crippen molar-refractivity contribution in [1.82, 2.24) is 39.8 Å². The minimum atomic E-state index is -2.46. The highest BCUT2D eigenvalue weighted by Crippen LogP contribution is 2.40. The smallest absolute Gasteiger partial charge is 0.329 e. The number of Topliss-reactive ketones (excluding diaryl/α,β-unsaturated/α-hetero) is 2. The van der Waals surface area contributed by atoms with Gasteiger partial charge in [-0.25, -0.2) is 19.4 Å². The van der Waals surface area contributed by atoms with Crippen LogP contribution < -0.4 is 16.8 Å². The number of aliphatic hydroxyl groups is 3. The maximum Gasteiger partial charge on any atom is 0.329 e. The third kappa shape index (κ3) is 29.7. The quantitative estimate of drug-likeness (QED) is 0.00709. The van der Waals surface area contributed by atoms with Gasteiger partial charge in [-0.05, 0) is 160 Å². The van der Waals surface area contributed by atoms with Crippen molar-refractivity contribution < 1.29 is 110 Å². The number of carbonyl (C=O) groups excluding carboxylic acids is 5. The predicted octanol–water partition coefficient (Wildman–Crippen LogP) is 9.14. The van der Waals surface area contributed by atoms with Crippen molar-refractivity contribution in [2.24, 2.45) is 35.5 Å². The summed E-state index contributed by atoms with van der Waals surface area (Å²) >= 11 is 5.62. The van der Waals surface area contributed by atoms with Crippen LogP contribution in [0.5, 0.6) is 0 Å². The molecule has 16 atom stereocenters. The molecule has 10 rings (SSSR count). The highest BCUT2D eigenvalue weighted by Gasteiger charge is 2.53. The summed E-state index contributed by atoms with van der Waals surface area (Å²) in [5.41, 5.74) is 20.0. The molecule has 34 heteroatoms. The van der Waals surface area contributed by atoms with E-state index in [4.69, 9.17) is 99.5 Å². The van der Waals surface area contributed by atoms with Crippen molar-refractivity contribution in [2.45, 2.75) is 212 Å². The lowest BCUT2D eigenvalue weighted by molar-refractivity contribution is -0.265. The molecular formula is C93H136N10O23S. The number of ether oxygens (including phenoxy) is 14. The Morgan fingerprint density at radius 2 is 1.39 bits per heavy atom. The molecule has 5 aliphatic rings. The number of allylic oxidation sites excluding steroid dienone is 5. The van der Waals surface area contributed by atoms with Crippen LogP contribution in [-0.2, 0) is 110 Å². The van der Waals surface area contributed by atoms with E-state index in [0.717, 1.165) is 35.1 Å². The van der Waals surface area contributed by atoms with Gasteiger partial charge in [-0.15, -0.1) is 0 Å². The molecule has 702 valence electrons. The fourth-order valence-electron chi connectivity index (χ4n) is 17.3. The predicted molar refractivity (Wildman–Crippen MR) is 479 cm³/mol. The number of nitrogens with two attached hydrogens (primary N) is 2. The number of hydrogen-bond acceptors (Lipinski definition) is 30. The normalized spacial score (nSPS) is 27.6. The number of esters is 1. The highest BCUT2D eigenvalue weighted by molar-refractivity contribution is 7.80. The van der Waals surface area contributed by atoms with E-state index in [2.05, 4.69) is 38.5 Å². The van der Waals surface area contributed by atoms with E-state index in [-0.39, 0.29) is 78.6 Å². The van der Waals surface area contributed by atoms with E-state index in [0.29, 0.717) is 229 Å². The minimum absolute atomic E-state index is 0.000103. The van der Waals surface area contributed by atoms with Crippen molar-refractivity contribution in [3.8, 4) is 11.3 Å². The maximum atomic E-state index is 14.8. The van der Waals surface area contributed by atoms with Gasteiger partial charge in [0.25, 0.3) is 22.9 Å². The third-order valence-electron chi connectivity index (χ3n) is 24.7. The van der Waals surface area contributed by atoms with Gasteiger partial charge in [-0.2, -0.15) is 10.1 Å². The number of methoxy groups -OCH3 is 3. The summed E-state index contributed by atoms with van der Waals surface area (Å²) < 4.78 is 89.2. The van der Waals surface area contributed by atoms with E-state index in [9.17, 15) is 39.3 Å². The zero-order valence-electron chi connectivity index (χ0n) is 75.6. The molecule has 2 bridgehead atoms. The van der Waals surface area contributed by atoms with E-state index in [1.807, 2.05) is 79.8 Å². The van der Waals surface area contributed by atoms with E-state index in [1.165, 1.54) is 23.9 Å². The van der Waals surface area contributed by atoms with Crippen molar-refractivity contribution in [3.05, 3.63) is 107 Å².